The summed E-state index contributed by atoms with van der Waals surface area (Å²) in [6.07, 6.45) is 0. The third-order valence-corrected chi connectivity index (χ3v) is 2.52. The van der Waals surface area contributed by atoms with Crippen LogP contribution in [0.5, 0.6) is 0 Å². The summed E-state index contributed by atoms with van der Waals surface area (Å²) in [6, 6.07) is 9.90. The SMILES string of the molecule is CCNC(C)C(=O)N(C)Cc1ccccc1. The minimum Gasteiger partial charge on any atom is -0.340 e. The van der Waals surface area contributed by atoms with E-state index in [4.69, 9.17) is 0 Å². The van der Waals surface area contributed by atoms with Crippen LogP contribution < -0.4 is 5.32 Å². The molecule has 0 aliphatic rings. The van der Waals surface area contributed by atoms with Gasteiger partial charge >= 0.3 is 0 Å². The summed E-state index contributed by atoms with van der Waals surface area (Å²) in [5.41, 5.74) is 1.15. The van der Waals surface area contributed by atoms with Gasteiger partial charge in [0.2, 0.25) is 5.91 Å². The van der Waals surface area contributed by atoms with Gasteiger partial charge in [-0.25, -0.2) is 0 Å². The lowest BCUT2D eigenvalue weighted by molar-refractivity contribution is -0.132. The fraction of sp³-hybridized carbons (Fsp3) is 0.462. The van der Waals surface area contributed by atoms with Gasteiger partial charge in [-0.15, -0.1) is 0 Å². The van der Waals surface area contributed by atoms with Gasteiger partial charge in [-0.3, -0.25) is 4.79 Å². The van der Waals surface area contributed by atoms with Crippen molar-refractivity contribution in [1.29, 1.82) is 0 Å². The van der Waals surface area contributed by atoms with E-state index in [9.17, 15) is 4.79 Å². The Labute approximate surface area is 97.5 Å². The van der Waals surface area contributed by atoms with Crippen LogP contribution >= 0.6 is 0 Å². The molecule has 0 heterocycles. The van der Waals surface area contributed by atoms with E-state index in [2.05, 4.69) is 5.32 Å². The van der Waals surface area contributed by atoms with Crippen molar-refractivity contribution in [3.05, 3.63) is 35.9 Å². The number of carbonyl (C=O) groups is 1. The zero-order valence-electron chi connectivity index (χ0n) is 10.2. The van der Waals surface area contributed by atoms with Crippen molar-refractivity contribution >= 4 is 5.91 Å². The molecule has 0 saturated heterocycles. The van der Waals surface area contributed by atoms with Crippen molar-refractivity contribution in [3.8, 4) is 0 Å². The Kier molecular flexibility index (Phi) is 4.99. The Hall–Kier alpha value is -1.35. The van der Waals surface area contributed by atoms with Crippen LogP contribution in [0, 0.1) is 0 Å². The summed E-state index contributed by atoms with van der Waals surface area (Å²) < 4.78 is 0. The van der Waals surface area contributed by atoms with Gasteiger partial charge in [0.25, 0.3) is 0 Å². The Bertz CT molecular complexity index is 324. The number of amides is 1. The minimum absolute atomic E-state index is 0.112. The average molecular weight is 220 g/mol. The number of hydrogen-bond donors (Lipinski definition) is 1. The second-order valence-corrected chi connectivity index (χ2v) is 3.96. The van der Waals surface area contributed by atoms with E-state index < -0.39 is 0 Å². The summed E-state index contributed by atoms with van der Waals surface area (Å²) in [4.78, 5) is 13.7. The largest absolute Gasteiger partial charge is 0.340 e. The number of likely N-dealkylation sites (N-methyl/N-ethyl adjacent to an activating group) is 2. The van der Waals surface area contributed by atoms with Crippen molar-refractivity contribution in [3.63, 3.8) is 0 Å². The van der Waals surface area contributed by atoms with Crippen molar-refractivity contribution in [1.82, 2.24) is 10.2 Å². The van der Waals surface area contributed by atoms with Gasteiger partial charge in [0.1, 0.15) is 0 Å². The molecule has 0 radical (unpaired) electrons. The zero-order valence-corrected chi connectivity index (χ0v) is 10.2. The van der Waals surface area contributed by atoms with Gasteiger partial charge in [-0.2, -0.15) is 0 Å². The van der Waals surface area contributed by atoms with Crippen molar-refractivity contribution in [2.24, 2.45) is 0 Å². The highest BCUT2D eigenvalue weighted by Gasteiger charge is 2.15. The van der Waals surface area contributed by atoms with Crippen molar-refractivity contribution in [2.45, 2.75) is 26.4 Å². The molecule has 1 rings (SSSR count). The van der Waals surface area contributed by atoms with Crippen LogP contribution in [0.25, 0.3) is 0 Å². The average Bonchev–Trinajstić information content (AvgIpc) is 2.29. The molecule has 0 aliphatic carbocycles. The molecule has 0 aromatic heterocycles. The van der Waals surface area contributed by atoms with Gasteiger partial charge in [-0.1, -0.05) is 37.3 Å². The Morgan fingerprint density at radius 3 is 2.56 bits per heavy atom. The number of nitrogens with zero attached hydrogens (tertiary/aromatic N) is 1. The number of nitrogens with one attached hydrogen (secondary N) is 1. The van der Waals surface area contributed by atoms with Gasteiger partial charge in [-0.05, 0) is 19.0 Å². The second kappa shape index (κ2) is 6.28. The molecule has 1 aromatic rings. The molecule has 1 aromatic carbocycles. The lowest BCUT2D eigenvalue weighted by Gasteiger charge is -2.21. The Balaban J connectivity index is 2.52. The maximum absolute atomic E-state index is 11.9. The first-order valence-electron chi connectivity index (χ1n) is 5.67. The first kappa shape index (κ1) is 12.7. The predicted molar refractivity (Wildman–Crippen MR) is 66.1 cm³/mol. The number of rotatable bonds is 5. The molecule has 1 atom stereocenters. The first-order valence-corrected chi connectivity index (χ1v) is 5.67. The van der Waals surface area contributed by atoms with Crippen LogP contribution in [0.4, 0.5) is 0 Å². The minimum atomic E-state index is -0.112. The number of hydrogen-bond acceptors (Lipinski definition) is 2. The Morgan fingerprint density at radius 1 is 1.38 bits per heavy atom. The standard InChI is InChI=1S/C13H20N2O/c1-4-14-11(2)13(16)15(3)10-12-8-6-5-7-9-12/h5-9,11,14H,4,10H2,1-3H3. The summed E-state index contributed by atoms with van der Waals surface area (Å²) >= 11 is 0. The maximum Gasteiger partial charge on any atom is 0.239 e. The van der Waals surface area contributed by atoms with Crippen molar-refractivity contribution < 1.29 is 4.79 Å². The molecular formula is C13H20N2O. The molecule has 0 saturated carbocycles. The molecule has 0 aliphatic heterocycles. The van der Waals surface area contributed by atoms with Gasteiger partial charge in [0, 0.05) is 13.6 Å². The maximum atomic E-state index is 11.9. The lowest BCUT2D eigenvalue weighted by Crippen LogP contribution is -2.42. The highest BCUT2D eigenvalue weighted by Crippen LogP contribution is 2.03. The van der Waals surface area contributed by atoms with Gasteiger partial charge < -0.3 is 10.2 Å². The molecule has 0 bridgehead atoms. The van der Waals surface area contributed by atoms with Crippen LogP contribution in [0.15, 0.2) is 30.3 Å². The molecule has 1 N–H and O–H groups in total. The van der Waals surface area contributed by atoms with E-state index >= 15 is 0 Å². The molecule has 0 spiro atoms. The molecule has 1 unspecified atom stereocenters. The van der Waals surface area contributed by atoms with E-state index in [1.165, 1.54) is 0 Å². The van der Waals surface area contributed by atoms with Crippen LogP contribution in [-0.4, -0.2) is 30.4 Å². The number of benzene rings is 1. The smallest absolute Gasteiger partial charge is 0.239 e. The summed E-state index contributed by atoms with van der Waals surface area (Å²) in [5.74, 6) is 0.130. The van der Waals surface area contributed by atoms with Gasteiger partial charge in [0.05, 0.1) is 6.04 Å². The third-order valence-electron chi connectivity index (χ3n) is 2.52. The lowest BCUT2D eigenvalue weighted by atomic mass is 10.2. The monoisotopic (exact) mass is 220 g/mol. The van der Waals surface area contributed by atoms with Gasteiger partial charge in [0.15, 0.2) is 0 Å². The molecule has 16 heavy (non-hydrogen) atoms. The molecule has 0 fully saturated rings. The van der Waals surface area contributed by atoms with E-state index in [-0.39, 0.29) is 11.9 Å². The fourth-order valence-electron chi connectivity index (χ4n) is 1.66. The third kappa shape index (κ3) is 3.66. The Morgan fingerprint density at radius 2 is 2.00 bits per heavy atom. The van der Waals surface area contributed by atoms with Crippen LogP contribution in [0.2, 0.25) is 0 Å². The highest BCUT2D eigenvalue weighted by atomic mass is 16.2. The quantitative estimate of drug-likeness (QED) is 0.818. The van der Waals surface area contributed by atoms with E-state index in [1.54, 1.807) is 4.90 Å². The fourth-order valence-corrected chi connectivity index (χ4v) is 1.66. The predicted octanol–water partition coefficient (Wildman–Crippen LogP) is 1.64. The molecule has 3 heteroatoms. The zero-order chi connectivity index (χ0) is 12.0. The van der Waals surface area contributed by atoms with Crippen LogP contribution in [0.3, 0.4) is 0 Å². The molecule has 3 nitrogen and oxygen atoms in total. The normalized spacial score (nSPS) is 12.2. The topological polar surface area (TPSA) is 32.3 Å². The summed E-state index contributed by atoms with van der Waals surface area (Å²) in [6.45, 7) is 5.37. The molecular weight excluding hydrogens is 200 g/mol. The van der Waals surface area contributed by atoms with Crippen LogP contribution in [0.1, 0.15) is 19.4 Å². The van der Waals surface area contributed by atoms with E-state index in [0.717, 1.165) is 12.1 Å². The van der Waals surface area contributed by atoms with Crippen molar-refractivity contribution in [2.75, 3.05) is 13.6 Å². The second-order valence-electron chi connectivity index (χ2n) is 3.96. The number of carbonyl (C=O) groups excluding carboxylic acids is 1. The van der Waals surface area contributed by atoms with Crippen LogP contribution in [-0.2, 0) is 11.3 Å². The van der Waals surface area contributed by atoms with E-state index in [1.807, 2.05) is 51.2 Å². The molecule has 88 valence electrons. The first-order chi connectivity index (χ1) is 7.65. The molecule has 1 amide bonds. The summed E-state index contributed by atoms with van der Waals surface area (Å²) in [7, 11) is 1.84. The van der Waals surface area contributed by atoms with E-state index in [0.29, 0.717) is 6.54 Å². The highest BCUT2D eigenvalue weighted by molar-refractivity contribution is 5.81. The summed E-state index contributed by atoms with van der Waals surface area (Å²) in [5, 5.41) is 3.12.